The number of phenols is 1. The average Bonchev–Trinajstić information content (AvgIpc) is 2.78. The molecule has 2 nitrogen and oxygen atoms in total. The summed E-state index contributed by atoms with van der Waals surface area (Å²) in [5.41, 5.74) is 2.98. The minimum atomic E-state index is -0.105. The van der Waals surface area contributed by atoms with Crippen LogP contribution in [0.2, 0.25) is 0 Å². The van der Waals surface area contributed by atoms with Gasteiger partial charge in [-0.3, -0.25) is 0 Å². The molecule has 1 aromatic carbocycles. The normalized spacial score (nSPS) is 42.0. The highest BCUT2D eigenvalue weighted by atomic mass is 16.3. The van der Waals surface area contributed by atoms with Crippen LogP contribution in [0, 0.1) is 23.2 Å². The number of rotatable bonds is 2. The van der Waals surface area contributed by atoms with Gasteiger partial charge in [-0.1, -0.05) is 32.8 Å². The zero-order chi connectivity index (χ0) is 16.2. The summed E-state index contributed by atoms with van der Waals surface area (Å²) in [5, 5.41) is 20.6. The van der Waals surface area contributed by atoms with Gasteiger partial charge >= 0.3 is 0 Å². The molecule has 0 amide bonds. The maximum absolute atomic E-state index is 10.8. The summed E-state index contributed by atoms with van der Waals surface area (Å²) in [6.45, 7) is 4.64. The van der Waals surface area contributed by atoms with Crippen molar-refractivity contribution in [1.29, 1.82) is 0 Å². The number of hydrogen-bond acceptors (Lipinski definition) is 2. The third kappa shape index (κ3) is 2.25. The van der Waals surface area contributed by atoms with Crippen LogP contribution < -0.4 is 0 Å². The van der Waals surface area contributed by atoms with Gasteiger partial charge in [-0.05, 0) is 84.5 Å². The Morgan fingerprint density at radius 2 is 2.09 bits per heavy atom. The van der Waals surface area contributed by atoms with Crippen molar-refractivity contribution in [1.82, 2.24) is 0 Å². The summed E-state index contributed by atoms with van der Waals surface area (Å²) in [7, 11) is 0. The Kier molecular flexibility index (Phi) is 3.72. The predicted octanol–water partition coefficient (Wildman–Crippen LogP) is 4.64. The van der Waals surface area contributed by atoms with Crippen LogP contribution in [0.25, 0.3) is 0 Å². The van der Waals surface area contributed by atoms with Crippen molar-refractivity contribution in [3.8, 4) is 5.75 Å². The number of aliphatic hydroxyl groups is 1. The number of fused-ring (bicyclic) bond motifs is 5. The molecule has 6 atom stereocenters. The molecule has 0 aliphatic heterocycles. The maximum atomic E-state index is 10.8. The van der Waals surface area contributed by atoms with Crippen molar-refractivity contribution in [3.63, 3.8) is 0 Å². The summed E-state index contributed by atoms with van der Waals surface area (Å²) in [5.74, 6) is 3.15. The topological polar surface area (TPSA) is 40.5 Å². The van der Waals surface area contributed by atoms with Crippen LogP contribution in [0.15, 0.2) is 18.2 Å². The van der Waals surface area contributed by atoms with E-state index in [1.54, 1.807) is 0 Å². The van der Waals surface area contributed by atoms with E-state index in [2.05, 4.69) is 19.9 Å². The third-order valence-corrected chi connectivity index (χ3v) is 7.46. The van der Waals surface area contributed by atoms with Crippen LogP contribution in [0.4, 0.5) is 0 Å². The zero-order valence-corrected chi connectivity index (χ0v) is 14.5. The van der Waals surface area contributed by atoms with Crippen molar-refractivity contribution in [2.24, 2.45) is 23.2 Å². The molecule has 3 aliphatic rings. The molecule has 2 N–H and O–H groups in total. The van der Waals surface area contributed by atoms with Gasteiger partial charge in [-0.25, -0.2) is 0 Å². The SMILES string of the molecule is CCC[C@H]1C[C@H](O)[C@@]2(C)CC[C@@H]3c4ccc(O)cc4CC[C@H]3[C@H]12. The summed E-state index contributed by atoms with van der Waals surface area (Å²) in [6, 6.07) is 6.01. The van der Waals surface area contributed by atoms with E-state index < -0.39 is 0 Å². The van der Waals surface area contributed by atoms with E-state index >= 15 is 0 Å². The predicted molar refractivity (Wildman–Crippen MR) is 92.5 cm³/mol. The van der Waals surface area contributed by atoms with E-state index in [-0.39, 0.29) is 11.5 Å². The van der Waals surface area contributed by atoms with Gasteiger partial charge in [-0.2, -0.15) is 0 Å². The molecule has 0 spiro atoms. The zero-order valence-electron chi connectivity index (χ0n) is 14.5. The van der Waals surface area contributed by atoms with Crippen LogP contribution >= 0.6 is 0 Å². The van der Waals surface area contributed by atoms with Gasteiger partial charge in [0.15, 0.2) is 0 Å². The van der Waals surface area contributed by atoms with E-state index in [0.29, 0.717) is 23.5 Å². The lowest BCUT2D eigenvalue weighted by atomic mass is 9.54. The highest BCUT2D eigenvalue weighted by Crippen LogP contribution is 2.63. The molecule has 23 heavy (non-hydrogen) atoms. The average molecular weight is 314 g/mol. The molecule has 3 aliphatic carbocycles. The molecule has 4 rings (SSSR count). The van der Waals surface area contributed by atoms with Crippen LogP contribution in [0.1, 0.15) is 69.4 Å². The first-order valence-electron chi connectivity index (χ1n) is 9.54. The number of aliphatic hydroxyl groups excluding tert-OH is 1. The number of aromatic hydroxyl groups is 1. The Hall–Kier alpha value is -1.02. The molecule has 126 valence electrons. The van der Waals surface area contributed by atoms with E-state index in [0.717, 1.165) is 25.2 Å². The molecule has 1 aromatic rings. The van der Waals surface area contributed by atoms with Gasteiger partial charge in [-0.15, -0.1) is 0 Å². The van der Waals surface area contributed by atoms with Gasteiger partial charge in [0.25, 0.3) is 0 Å². The van der Waals surface area contributed by atoms with Crippen molar-refractivity contribution >= 4 is 0 Å². The Morgan fingerprint density at radius 1 is 1.26 bits per heavy atom. The molecule has 2 heteroatoms. The van der Waals surface area contributed by atoms with Crippen molar-refractivity contribution in [2.45, 2.75) is 70.8 Å². The maximum Gasteiger partial charge on any atom is 0.115 e. The van der Waals surface area contributed by atoms with Gasteiger partial charge in [0.1, 0.15) is 5.75 Å². The molecule has 0 aromatic heterocycles. The quantitative estimate of drug-likeness (QED) is 0.835. The minimum Gasteiger partial charge on any atom is -0.508 e. The van der Waals surface area contributed by atoms with Crippen LogP contribution in [-0.4, -0.2) is 16.3 Å². The second-order valence-electron chi connectivity index (χ2n) is 8.56. The van der Waals surface area contributed by atoms with Crippen LogP contribution in [0.3, 0.4) is 0 Å². The highest BCUT2D eigenvalue weighted by Gasteiger charge is 2.57. The second kappa shape index (κ2) is 5.51. The smallest absolute Gasteiger partial charge is 0.115 e. The first-order valence-corrected chi connectivity index (χ1v) is 9.54. The molecular formula is C21H30O2. The van der Waals surface area contributed by atoms with E-state index in [1.807, 2.05) is 12.1 Å². The molecule has 2 saturated carbocycles. The Bertz CT molecular complexity index is 596. The van der Waals surface area contributed by atoms with Gasteiger partial charge in [0.2, 0.25) is 0 Å². The molecular weight excluding hydrogens is 284 g/mol. The van der Waals surface area contributed by atoms with Gasteiger partial charge in [0.05, 0.1) is 6.10 Å². The lowest BCUT2D eigenvalue weighted by Gasteiger charge is -2.51. The number of aryl methyl sites for hydroxylation is 1. The standard InChI is InChI=1S/C21H30O2/c1-3-4-14-12-19(23)21(2)10-9-17-16-8-6-15(22)11-13(16)5-7-18(17)20(14)21/h6,8,11,14,17-20,22-23H,3-5,7,9-10,12H2,1-2H3/t14-,17+,18+,19-,20-,21+/m0/s1. The number of phenolic OH excluding ortho intramolecular Hbond substituents is 1. The van der Waals surface area contributed by atoms with Crippen LogP contribution in [-0.2, 0) is 6.42 Å². The fraction of sp³-hybridized carbons (Fsp3) is 0.714. The fourth-order valence-corrected chi connectivity index (χ4v) is 6.49. The molecule has 0 unspecified atom stereocenters. The van der Waals surface area contributed by atoms with Crippen molar-refractivity contribution < 1.29 is 10.2 Å². The Labute approximate surface area is 139 Å². The second-order valence-corrected chi connectivity index (χ2v) is 8.56. The fourth-order valence-electron chi connectivity index (χ4n) is 6.49. The van der Waals surface area contributed by atoms with Crippen LogP contribution in [0.5, 0.6) is 5.75 Å². The summed E-state index contributed by atoms with van der Waals surface area (Å²) < 4.78 is 0. The molecule has 0 radical (unpaired) electrons. The largest absolute Gasteiger partial charge is 0.508 e. The molecule has 2 fully saturated rings. The molecule has 0 saturated heterocycles. The first kappa shape index (κ1) is 15.5. The highest BCUT2D eigenvalue weighted by molar-refractivity contribution is 5.40. The number of hydrogen-bond donors (Lipinski definition) is 2. The first-order chi connectivity index (χ1) is 11.0. The lowest BCUT2D eigenvalue weighted by molar-refractivity contribution is -0.0304. The van der Waals surface area contributed by atoms with Gasteiger partial charge < -0.3 is 10.2 Å². The Balaban J connectivity index is 1.70. The minimum absolute atomic E-state index is 0.105. The van der Waals surface area contributed by atoms with Gasteiger partial charge in [0, 0.05) is 0 Å². The number of benzene rings is 1. The van der Waals surface area contributed by atoms with E-state index in [1.165, 1.54) is 36.8 Å². The van der Waals surface area contributed by atoms with Crippen molar-refractivity contribution in [3.05, 3.63) is 29.3 Å². The third-order valence-electron chi connectivity index (χ3n) is 7.46. The van der Waals surface area contributed by atoms with E-state index in [4.69, 9.17) is 0 Å². The van der Waals surface area contributed by atoms with E-state index in [9.17, 15) is 10.2 Å². The molecule has 0 heterocycles. The lowest BCUT2D eigenvalue weighted by Crippen LogP contribution is -2.45. The summed E-state index contributed by atoms with van der Waals surface area (Å²) >= 11 is 0. The monoisotopic (exact) mass is 314 g/mol. The Morgan fingerprint density at radius 3 is 2.87 bits per heavy atom. The summed E-state index contributed by atoms with van der Waals surface area (Å²) in [6.07, 6.45) is 8.08. The molecule has 0 bridgehead atoms. The summed E-state index contributed by atoms with van der Waals surface area (Å²) in [4.78, 5) is 0. The van der Waals surface area contributed by atoms with Crippen molar-refractivity contribution in [2.75, 3.05) is 0 Å².